The molecule has 0 radical (unpaired) electrons. The van der Waals surface area contributed by atoms with Gasteiger partial charge in [0, 0.05) is 18.5 Å². The van der Waals surface area contributed by atoms with Gasteiger partial charge in [-0.05, 0) is 25.0 Å². The summed E-state index contributed by atoms with van der Waals surface area (Å²) in [6.45, 7) is 2.97. The minimum Gasteiger partial charge on any atom is -0.334 e. The van der Waals surface area contributed by atoms with E-state index in [4.69, 9.17) is 0 Å². The molecular formula is C10H13N3S. The predicted octanol–water partition coefficient (Wildman–Crippen LogP) is 2.29. The van der Waals surface area contributed by atoms with Crippen LogP contribution in [0.4, 0.5) is 5.69 Å². The first kappa shape index (κ1) is 9.52. The van der Waals surface area contributed by atoms with E-state index < -0.39 is 0 Å². The summed E-state index contributed by atoms with van der Waals surface area (Å²) in [5.41, 5.74) is 2.19. The molecule has 0 atom stereocenters. The number of amidine groups is 1. The Morgan fingerprint density at radius 2 is 2.36 bits per heavy atom. The van der Waals surface area contributed by atoms with Crippen LogP contribution < -0.4 is 5.32 Å². The number of aliphatic imine (C=N–C) groups is 1. The number of anilines is 1. The number of aromatic nitrogens is 1. The Hall–Kier alpha value is -1.03. The molecule has 0 saturated carbocycles. The number of thioether (sulfide) groups is 1. The van der Waals surface area contributed by atoms with Gasteiger partial charge < -0.3 is 5.32 Å². The molecule has 0 unspecified atom stereocenters. The van der Waals surface area contributed by atoms with Gasteiger partial charge in [-0.1, -0.05) is 11.8 Å². The maximum atomic E-state index is 4.40. The fourth-order valence-electron chi connectivity index (χ4n) is 1.28. The summed E-state index contributed by atoms with van der Waals surface area (Å²) in [4.78, 5) is 8.52. The summed E-state index contributed by atoms with van der Waals surface area (Å²) in [5.74, 6) is 1.16. The molecule has 0 bridgehead atoms. The van der Waals surface area contributed by atoms with E-state index >= 15 is 0 Å². The van der Waals surface area contributed by atoms with Gasteiger partial charge in [-0.15, -0.1) is 0 Å². The Morgan fingerprint density at radius 1 is 1.43 bits per heavy atom. The highest BCUT2D eigenvalue weighted by molar-refractivity contribution is 8.14. The first-order valence-electron chi connectivity index (χ1n) is 4.70. The van der Waals surface area contributed by atoms with Gasteiger partial charge >= 0.3 is 0 Å². The Kier molecular flexibility index (Phi) is 3.03. The lowest BCUT2D eigenvalue weighted by molar-refractivity contribution is 0.938. The van der Waals surface area contributed by atoms with E-state index in [0.717, 1.165) is 28.7 Å². The van der Waals surface area contributed by atoms with Gasteiger partial charge in [0.2, 0.25) is 0 Å². The second-order valence-corrected chi connectivity index (χ2v) is 4.35. The van der Waals surface area contributed by atoms with E-state index in [1.54, 1.807) is 11.8 Å². The molecule has 0 fully saturated rings. The molecule has 1 aliphatic rings. The number of rotatable bonds is 1. The smallest absolute Gasteiger partial charge is 0.161 e. The largest absolute Gasteiger partial charge is 0.334 e. The number of aryl methyl sites for hydroxylation is 1. The highest BCUT2D eigenvalue weighted by Gasteiger charge is 2.05. The highest BCUT2D eigenvalue weighted by atomic mass is 32.2. The summed E-state index contributed by atoms with van der Waals surface area (Å²) in [6.07, 6.45) is 4.85. The molecule has 0 amide bonds. The zero-order valence-corrected chi connectivity index (χ0v) is 8.97. The van der Waals surface area contributed by atoms with Crippen molar-refractivity contribution in [3.8, 4) is 0 Å². The van der Waals surface area contributed by atoms with Crippen molar-refractivity contribution in [3.05, 3.63) is 24.0 Å². The van der Waals surface area contributed by atoms with Crippen LogP contribution in [0.15, 0.2) is 23.5 Å². The number of hydrogen-bond acceptors (Lipinski definition) is 4. The maximum Gasteiger partial charge on any atom is 0.161 e. The van der Waals surface area contributed by atoms with Crippen molar-refractivity contribution in [1.29, 1.82) is 0 Å². The van der Waals surface area contributed by atoms with Gasteiger partial charge in [-0.25, -0.2) is 0 Å². The molecule has 1 aliphatic heterocycles. The third-order valence-corrected chi connectivity index (χ3v) is 2.92. The maximum absolute atomic E-state index is 4.40. The van der Waals surface area contributed by atoms with E-state index in [2.05, 4.69) is 21.4 Å². The van der Waals surface area contributed by atoms with E-state index in [-0.39, 0.29) is 0 Å². The van der Waals surface area contributed by atoms with Crippen molar-refractivity contribution in [2.45, 2.75) is 13.3 Å². The zero-order valence-electron chi connectivity index (χ0n) is 8.16. The standard InChI is InChI=1S/C10H13N3S/c1-8-5-9(7-11-6-8)13-10-12-3-2-4-14-10/h5-7H,2-4H2,1H3,(H,12,13). The third-order valence-electron chi connectivity index (χ3n) is 1.92. The Balaban J connectivity index is 2.06. The number of hydrogen-bond donors (Lipinski definition) is 1. The van der Waals surface area contributed by atoms with Crippen LogP contribution >= 0.6 is 11.8 Å². The molecule has 2 heterocycles. The van der Waals surface area contributed by atoms with Gasteiger partial charge in [0.15, 0.2) is 5.17 Å². The van der Waals surface area contributed by atoms with Gasteiger partial charge in [-0.3, -0.25) is 9.98 Å². The van der Waals surface area contributed by atoms with E-state index in [1.807, 2.05) is 19.3 Å². The molecule has 0 saturated heterocycles. The highest BCUT2D eigenvalue weighted by Crippen LogP contribution is 2.15. The fraction of sp³-hybridized carbons (Fsp3) is 0.400. The Labute approximate surface area is 88.0 Å². The Morgan fingerprint density at radius 3 is 3.07 bits per heavy atom. The third kappa shape index (κ3) is 2.48. The summed E-state index contributed by atoms with van der Waals surface area (Å²) < 4.78 is 0. The van der Waals surface area contributed by atoms with Crippen molar-refractivity contribution in [3.63, 3.8) is 0 Å². The van der Waals surface area contributed by atoms with Crippen LogP contribution in [-0.4, -0.2) is 22.4 Å². The minimum atomic E-state index is 0.939. The molecule has 1 N–H and O–H groups in total. The number of nitrogens with one attached hydrogen (secondary N) is 1. The summed E-state index contributed by atoms with van der Waals surface area (Å²) in [5, 5.41) is 4.29. The van der Waals surface area contributed by atoms with Crippen LogP contribution in [0.5, 0.6) is 0 Å². The molecule has 0 aromatic carbocycles. The monoisotopic (exact) mass is 207 g/mol. The first-order valence-corrected chi connectivity index (χ1v) is 5.69. The first-order chi connectivity index (χ1) is 6.84. The van der Waals surface area contributed by atoms with E-state index in [9.17, 15) is 0 Å². The molecular weight excluding hydrogens is 194 g/mol. The number of pyridine rings is 1. The average Bonchev–Trinajstić information content (AvgIpc) is 2.19. The lowest BCUT2D eigenvalue weighted by atomic mass is 10.3. The van der Waals surface area contributed by atoms with Crippen LogP contribution in [0.25, 0.3) is 0 Å². The van der Waals surface area contributed by atoms with Crippen LogP contribution in [0.3, 0.4) is 0 Å². The number of nitrogens with zero attached hydrogens (tertiary/aromatic N) is 2. The van der Waals surface area contributed by atoms with Gasteiger partial charge in [0.1, 0.15) is 0 Å². The van der Waals surface area contributed by atoms with Crippen molar-refractivity contribution >= 4 is 22.6 Å². The van der Waals surface area contributed by atoms with Crippen molar-refractivity contribution in [1.82, 2.24) is 4.98 Å². The molecule has 2 rings (SSSR count). The van der Waals surface area contributed by atoms with Gasteiger partial charge in [-0.2, -0.15) is 0 Å². The molecule has 14 heavy (non-hydrogen) atoms. The summed E-state index contributed by atoms with van der Waals surface area (Å²) in [7, 11) is 0. The lowest BCUT2D eigenvalue weighted by Crippen LogP contribution is -2.13. The quantitative estimate of drug-likeness (QED) is 0.767. The van der Waals surface area contributed by atoms with E-state index in [0.29, 0.717) is 0 Å². The molecule has 0 aliphatic carbocycles. The molecule has 4 heteroatoms. The SMILES string of the molecule is Cc1cncc(NC2=NCCCS2)c1. The van der Waals surface area contributed by atoms with Crippen LogP contribution in [0.2, 0.25) is 0 Å². The van der Waals surface area contributed by atoms with E-state index in [1.165, 1.54) is 6.42 Å². The molecule has 74 valence electrons. The van der Waals surface area contributed by atoms with Crippen LogP contribution in [0.1, 0.15) is 12.0 Å². The lowest BCUT2D eigenvalue weighted by Gasteiger charge is -2.12. The molecule has 1 aromatic heterocycles. The van der Waals surface area contributed by atoms with Crippen LogP contribution in [-0.2, 0) is 0 Å². The molecule has 1 aromatic rings. The molecule has 0 spiro atoms. The Bertz CT molecular complexity index is 349. The second-order valence-electron chi connectivity index (χ2n) is 3.26. The zero-order chi connectivity index (χ0) is 9.80. The molecule has 3 nitrogen and oxygen atoms in total. The summed E-state index contributed by atoms with van der Waals surface area (Å²) in [6, 6.07) is 2.07. The van der Waals surface area contributed by atoms with Crippen LogP contribution in [0, 0.1) is 6.92 Å². The minimum absolute atomic E-state index is 0.939. The summed E-state index contributed by atoms with van der Waals surface area (Å²) >= 11 is 1.78. The average molecular weight is 207 g/mol. The van der Waals surface area contributed by atoms with Crippen molar-refractivity contribution < 1.29 is 0 Å². The fourth-order valence-corrected chi connectivity index (χ4v) is 2.12. The second kappa shape index (κ2) is 4.46. The predicted molar refractivity (Wildman–Crippen MR) is 62.0 cm³/mol. The van der Waals surface area contributed by atoms with Gasteiger partial charge in [0.25, 0.3) is 0 Å². The normalized spacial score (nSPS) is 16.2. The van der Waals surface area contributed by atoms with Gasteiger partial charge in [0.05, 0.1) is 11.9 Å². The van der Waals surface area contributed by atoms with Crippen molar-refractivity contribution in [2.24, 2.45) is 4.99 Å². The van der Waals surface area contributed by atoms with Crippen molar-refractivity contribution in [2.75, 3.05) is 17.6 Å². The topological polar surface area (TPSA) is 37.3 Å².